The van der Waals surface area contributed by atoms with Crippen LogP contribution in [0.5, 0.6) is 5.75 Å². The Morgan fingerprint density at radius 3 is 2.63 bits per heavy atom. The molecule has 2 unspecified atom stereocenters. The summed E-state index contributed by atoms with van der Waals surface area (Å²) in [5, 5.41) is 5.69. The van der Waals surface area contributed by atoms with E-state index in [1.54, 1.807) is 23.1 Å². The van der Waals surface area contributed by atoms with Crippen molar-refractivity contribution in [2.24, 2.45) is 5.41 Å². The predicted molar refractivity (Wildman–Crippen MR) is 135 cm³/mol. The third kappa shape index (κ3) is 4.49. The van der Waals surface area contributed by atoms with Crippen LogP contribution in [-0.2, 0) is 20.9 Å². The first kappa shape index (κ1) is 24.4. The lowest BCUT2D eigenvalue weighted by molar-refractivity contribution is -0.136. The van der Waals surface area contributed by atoms with Gasteiger partial charge in [-0.05, 0) is 37.1 Å². The zero-order valence-electron chi connectivity index (χ0n) is 21.0. The van der Waals surface area contributed by atoms with Crippen LogP contribution in [0, 0.1) is 5.41 Å². The molecule has 0 aromatic heterocycles. The van der Waals surface area contributed by atoms with Gasteiger partial charge in [-0.25, -0.2) is 4.79 Å². The van der Waals surface area contributed by atoms with Crippen molar-refractivity contribution in [3.05, 3.63) is 65.2 Å². The molecule has 2 N–H and O–H groups in total. The molecule has 3 saturated heterocycles. The highest BCUT2D eigenvalue weighted by Gasteiger charge is 2.48. The van der Waals surface area contributed by atoms with Gasteiger partial charge >= 0.3 is 6.09 Å². The molecule has 0 saturated carbocycles. The number of imide groups is 1. The molecule has 10 nitrogen and oxygen atoms in total. The van der Waals surface area contributed by atoms with Gasteiger partial charge in [-0.2, -0.15) is 0 Å². The van der Waals surface area contributed by atoms with E-state index in [9.17, 15) is 19.2 Å². The van der Waals surface area contributed by atoms with Crippen LogP contribution < -0.4 is 15.4 Å². The Kier molecular flexibility index (Phi) is 6.27. The van der Waals surface area contributed by atoms with Gasteiger partial charge in [0.25, 0.3) is 5.91 Å². The number of carbonyl (C=O) groups excluding carboxylic acids is 4. The number of hydrogen-bond acceptors (Lipinski definition) is 7. The van der Waals surface area contributed by atoms with E-state index in [0.29, 0.717) is 36.4 Å². The van der Waals surface area contributed by atoms with Gasteiger partial charge in [0.1, 0.15) is 18.4 Å². The molecule has 2 atom stereocenters. The Bertz CT molecular complexity index is 1270. The molecule has 38 heavy (non-hydrogen) atoms. The fourth-order valence-electron chi connectivity index (χ4n) is 5.88. The van der Waals surface area contributed by atoms with E-state index in [2.05, 4.69) is 10.6 Å². The van der Waals surface area contributed by atoms with Gasteiger partial charge in [0.2, 0.25) is 11.8 Å². The Morgan fingerprint density at radius 1 is 1.08 bits per heavy atom. The van der Waals surface area contributed by atoms with Gasteiger partial charge < -0.3 is 24.6 Å². The number of benzene rings is 2. The summed E-state index contributed by atoms with van der Waals surface area (Å²) in [5.74, 6) is -0.544. The molecular formula is C28H30N4O6. The third-order valence-corrected chi connectivity index (χ3v) is 7.99. The first-order chi connectivity index (χ1) is 18.4. The zero-order valence-corrected chi connectivity index (χ0v) is 21.0. The summed E-state index contributed by atoms with van der Waals surface area (Å²) in [4.78, 5) is 53.3. The number of carbonyl (C=O) groups is 4. The molecule has 4 amide bonds. The SMILES string of the molecule is O=C1CCC(N2Cc3c(OCC(OC(=O)N4CC5(CCNC5)C4)c4ccccc4)cccc3C2=O)C(=O)N1. The molecule has 1 spiro atoms. The highest BCUT2D eigenvalue weighted by molar-refractivity contribution is 6.05. The van der Waals surface area contributed by atoms with Crippen molar-refractivity contribution >= 4 is 23.8 Å². The molecule has 2 aromatic rings. The van der Waals surface area contributed by atoms with E-state index in [-0.39, 0.29) is 42.9 Å². The number of likely N-dealkylation sites (tertiary alicyclic amines) is 1. The highest BCUT2D eigenvalue weighted by Crippen LogP contribution is 2.37. The Morgan fingerprint density at radius 2 is 1.89 bits per heavy atom. The summed E-state index contributed by atoms with van der Waals surface area (Å²) < 4.78 is 12.1. The lowest BCUT2D eigenvalue weighted by atomic mass is 9.79. The molecule has 6 rings (SSSR count). The number of rotatable bonds is 6. The van der Waals surface area contributed by atoms with Crippen molar-refractivity contribution in [3.63, 3.8) is 0 Å². The van der Waals surface area contributed by atoms with E-state index in [0.717, 1.165) is 25.1 Å². The minimum atomic E-state index is -0.701. The number of piperidine rings is 1. The van der Waals surface area contributed by atoms with Gasteiger partial charge in [0, 0.05) is 42.6 Å². The largest absolute Gasteiger partial charge is 0.489 e. The Hall–Kier alpha value is -3.92. The van der Waals surface area contributed by atoms with Crippen LogP contribution in [0.25, 0.3) is 0 Å². The average Bonchev–Trinajstić information content (AvgIpc) is 3.52. The Balaban J connectivity index is 1.15. The molecule has 0 radical (unpaired) electrons. The fraction of sp³-hybridized carbons (Fsp3) is 0.429. The first-order valence-electron chi connectivity index (χ1n) is 13.0. The van der Waals surface area contributed by atoms with Crippen LogP contribution in [-0.4, -0.2) is 72.4 Å². The van der Waals surface area contributed by atoms with E-state index in [4.69, 9.17) is 9.47 Å². The molecule has 10 heteroatoms. The summed E-state index contributed by atoms with van der Waals surface area (Å²) in [6.07, 6.45) is 0.549. The Labute approximate surface area is 220 Å². The maximum Gasteiger partial charge on any atom is 0.410 e. The average molecular weight is 519 g/mol. The van der Waals surface area contributed by atoms with Crippen LogP contribution in [0.15, 0.2) is 48.5 Å². The van der Waals surface area contributed by atoms with E-state index < -0.39 is 18.1 Å². The first-order valence-corrected chi connectivity index (χ1v) is 13.0. The van der Waals surface area contributed by atoms with Crippen molar-refractivity contribution < 1.29 is 28.7 Å². The number of nitrogens with one attached hydrogen (secondary N) is 2. The molecule has 0 bridgehead atoms. The standard InChI is InChI=1S/C28H30N4O6/c33-24-10-9-21(25(34)30-24)32-13-20-19(26(32)35)7-4-8-22(20)37-14-23(18-5-2-1-3-6-18)38-27(36)31-16-28(17-31)11-12-29-15-28/h1-8,21,23,29H,9-17H2,(H,30,33,34). The number of ether oxygens (including phenoxy) is 2. The lowest BCUT2D eigenvalue weighted by Crippen LogP contribution is -2.59. The predicted octanol–water partition coefficient (Wildman–Crippen LogP) is 2.00. The van der Waals surface area contributed by atoms with Crippen LogP contribution in [0.2, 0.25) is 0 Å². The summed E-state index contributed by atoms with van der Waals surface area (Å²) in [6.45, 7) is 3.55. The molecule has 4 heterocycles. The van der Waals surface area contributed by atoms with Crippen LogP contribution in [0.4, 0.5) is 4.79 Å². The van der Waals surface area contributed by atoms with Crippen LogP contribution >= 0.6 is 0 Å². The number of fused-ring (bicyclic) bond motifs is 1. The quantitative estimate of drug-likeness (QED) is 0.562. The summed E-state index contributed by atoms with van der Waals surface area (Å²) in [5.41, 5.74) is 2.13. The van der Waals surface area contributed by atoms with Gasteiger partial charge in [-0.3, -0.25) is 19.7 Å². The number of amides is 4. The van der Waals surface area contributed by atoms with Crippen LogP contribution in [0.1, 0.15) is 46.9 Å². The smallest absolute Gasteiger partial charge is 0.410 e. The second-order valence-corrected chi connectivity index (χ2v) is 10.6. The summed E-state index contributed by atoms with van der Waals surface area (Å²) in [7, 11) is 0. The van der Waals surface area contributed by atoms with Gasteiger partial charge in [0.05, 0.1) is 6.54 Å². The normalized spacial score (nSPS) is 22.6. The molecule has 2 aromatic carbocycles. The number of hydrogen-bond donors (Lipinski definition) is 2. The zero-order chi connectivity index (χ0) is 26.3. The number of nitrogens with zero attached hydrogens (tertiary/aromatic N) is 2. The van der Waals surface area contributed by atoms with Crippen molar-refractivity contribution in [1.82, 2.24) is 20.4 Å². The molecule has 4 aliphatic heterocycles. The van der Waals surface area contributed by atoms with Gasteiger partial charge in [0.15, 0.2) is 6.10 Å². The van der Waals surface area contributed by atoms with Crippen LogP contribution in [0.3, 0.4) is 0 Å². The maximum atomic E-state index is 13.1. The van der Waals surface area contributed by atoms with Crippen molar-refractivity contribution in [3.8, 4) is 5.75 Å². The van der Waals surface area contributed by atoms with Gasteiger partial charge in [-0.15, -0.1) is 0 Å². The molecule has 3 fully saturated rings. The maximum absolute atomic E-state index is 13.1. The van der Waals surface area contributed by atoms with Crippen molar-refractivity contribution in [2.75, 3.05) is 32.8 Å². The monoisotopic (exact) mass is 518 g/mol. The molecular weight excluding hydrogens is 488 g/mol. The minimum Gasteiger partial charge on any atom is -0.489 e. The fourth-order valence-corrected chi connectivity index (χ4v) is 5.88. The van der Waals surface area contributed by atoms with Crippen molar-refractivity contribution in [2.45, 2.75) is 38.0 Å². The van der Waals surface area contributed by atoms with E-state index in [1.165, 1.54) is 4.90 Å². The van der Waals surface area contributed by atoms with Gasteiger partial charge in [-0.1, -0.05) is 36.4 Å². The molecule has 198 valence electrons. The molecule has 0 aliphatic carbocycles. The summed E-state index contributed by atoms with van der Waals surface area (Å²) >= 11 is 0. The molecule has 4 aliphatic rings. The van der Waals surface area contributed by atoms with E-state index in [1.807, 2.05) is 30.3 Å². The summed E-state index contributed by atoms with van der Waals surface area (Å²) in [6, 6.07) is 14.0. The van der Waals surface area contributed by atoms with Crippen molar-refractivity contribution in [1.29, 1.82) is 0 Å². The minimum absolute atomic E-state index is 0.0688. The van der Waals surface area contributed by atoms with E-state index >= 15 is 0 Å². The lowest BCUT2D eigenvalue weighted by Gasteiger charge is -2.47. The third-order valence-electron chi connectivity index (χ3n) is 7.99. The second-order valence-electron chi connectivity index (χ2n) is 10.6. The second kappa shape index (κ2) is 9.75. The topological polar surface area (TPSA) is 117 Å². The highest BCUT2D eigenvalue weighted by atomic mass is 16.6.